The van der Waals surface area contributed by atoms with E-state index in [0.29, 0.717) is 0 Å². The Morgan fingerprint density at radius 3 is 1.10 bits per heavy atom. The second-order valence-electron chi connectivity index (χ2n) is 0.893. The van der Waals surface area contributed by atoms with E-state index in [-0.39, 0.29) is 13.2 Å². The minimum Gasteiger partial charge on any atom is -0.462 e. The molecule has 0 amide bonds. The van der Waals surface area contributed by atoms with Crippen molar-refractivity contribution >= 4 is 0 Å². The second kappa shape index (κ2) is 15.6. The van der Waals surface area contributed by atoms with Crippen molar-refractivity contribution in [3.05, 3.63) is 0 Å². The molecule has 0 bridgehead atoms. The standard InChI is InChI=1S/2C3H4O2/c2*4-2-1-3-5/h2*4-5H,2H2. The summed E-state index contributed by atoms with van der Waals surface area (Å²) in [6.07, 6.45) is 3.03. The van der Waals surface area contributed by atoms with E-state index in [1.54, 1.807) is 0 Å². The van der Waals surface area contributed by atoms with Crippen LogP contribution in [0.5, 0.6) is 0 Å². The highest BCUT2D eigenvalue weighted by molar-refractivity contribution is 4.88. The summed E-state index contributed by atoms with van der Waals surface area (Å²) in [5.74, 6) is 3.94. The Labute approximate surface area is 58.7 Å². The number of aliphatic hydroxyl groups is 4. The van der Waals surface area contributed by atoms with Crippen LogP contribution in [-0.4, -0.2) is 33.6 Å². The SMILES string of the molecule is OC#CCO.OC#CCO. The minimum absolute atomic E-state index is 0.267. The van der Waals surface area contributed by atoms with Gasteiger partial charge in [0, 0.05) is 0 Å². The van der Waals surface area contributed by atoms with Crippen molar-refractivity contribution in [2.45, 2.75) is 0 Å². The maximum Gasteiger partial charge on any atom is 0.109 e. The Morgan fingerprint density at radius 2 is 1.10 bits per heavy atom. The van der Waals surface area contributed by atoms with Crippen molar-refractivity contribution in [2.75, 3.05) is 13.2 Å². The van der Waals surface area contributed by atoms with Crippen LogP contribution < -0.4 is 0 Å². The molecule has 0 aromatic rings. The average Bonchev–Trinajstić information content (AvgIpc) is 1.93. The van der Waals surface area contributed by atoms with E-state index in [0.717, 1.165) is 0 Å². The first-order chi connectivity index (χ1) is 4.83. The third kappa shape index (κ3) is 30.3. The minimum atomic E-state index is -0.267. The third-order valence-electron chi connectivity index (χ3n) is 0.316. The van der Waals surface area contributed by atoms with Crippen molar-refractivity contribution in [3.63, 3.8) is 0 Å². The van der Waals surface area contributed by atoms with Crippen molar-refractivity contribution in [1.82, 2.24) is 0 Å². The lowest BCUT2D eigenvalue weighted by Crippen LogP contribution is -1.68. The average molecular weight is 144 g/mol. The maximum absolute atomic E-state index is 7.73. The molecule has 4 heteroatoms. The Morgan fingerprint density at radius 1 is 0.800 bits per heavy atom. The highest BCUT2D eigenvalue weighted by Crippen LogP contribution is 1.41. The summed E-state index contributed by atoms with van der Waals surface area (Å²) < 4.78 is 0. The molecule has 0 fully saturated rings. The topological polar surface area (TPSA) is 80.9 Å². The van der Waals surface area contributed by atoms with Crippen LogP contribution in [-0.2, 0) is 0 Å². The van der Waals surface area contributed by atoms with E-state index >= 15 is 0 Å². The number of aliphatic hydroxyl groups excluding tert-OH is 4. The second-order valence-corrected chi connectivity index (χ2v) is 0.893. The molecule has 0 unspecified atom stereocenters. The van der Waals surface area contributed by atoms with Crippen molar-refractivity contribution in [1.29, 1.82) is 0 Å². The zero-order valence-corrected chi connectivity index (χ0v) is 5.20. The lowest BCUT2D eigenvalue weighted by atomic mass is 10.8. The summed E-state index contributed by atoms with van der Waals surface area (Å²) in [6.45, 7) is -0.535. The van der Waals surface area contributed by atoms with Gasteiger partial charge in [0.05, 0.1) is 0 Å². The van der Waals surface area contributed by atoms with Crippen LogP contribution in [0.2, 0.25) is 0 Å². The fourth-order valence-corrected chi connectivity index (χ4v) is 0.0707. The summed E-state index contributed by atoms with van der Waals surface area (Å²) >= 11 is 0. The van der Waals surface area contributed by atoms with E-state index in [4.69, 9.17) is 20.4 Å². The van der Waals surface area contributed by atoms with Crippen LogP contribution in [0.25, 0.3) is 0 Å². The molecule has 0 saturated carbocycles. The first-order valence-electron chi connectivity index (χ1n) is 2.29. The van der Waals surface area contributed by atoms with Gasteiger partial charge in [-0.1, -0.05) is 0 Å². The summed E-state index contributed by atoms with van der Waals surface area (Å²) in [4.78, 5) is 0. The highest BCUT2D eigenvalue weighted by Gasteiger charge is 1.51. The van der Waals surface area contributed by atoms with Gasteiger partial charge >= 0.3 is 0 Å². The predicted molar refractivity (Wildman–Crippen MR) is 33.6 cm³/mol. The zero-order valence-electron chi connectivity index (χ0n) is 5.20. The van der Waals surface area contributed by atoms with Gasteiger partial charge in [-0.05, 0) is 11.8 Å². The van der Waals surface area contributed by atoms with Gasteiger partial charge < -0.3 is 20.4 Å². The van der Waals surface area contributed by atoms with Crippen molar-refractivity contribution < 1.29 is 20.4 Å². The molecule has 0 aliphatic rings. The Hall–Kier alpha value is -1.36. The fraction of sp³-hybridized carbons (Fsp3) is 0.333. The normalized spacial score (nSPS) is 5.00. The Bertz CT molecular complexity index is 134. The van der Waals surface area contributed by atoms with Gasteiger partial charge in [0.15, 0.2) is 0 Å². The number of hydrogen-bond acceptors (Lipinski definition) is 4. The van der Waals surface area contributed by atoms with Crippen LogP contribution in [0.15, 0.2) is 0 Å². The molecule has 4 nitrogen and oxygen atoms in total. The molecular formula is C6H8O4. The van der Waals surface area contributed by atoms with Gasteiger partial charge in [-0.15, -0.1) is 0 Å². The van der Waals surface area contributed by atoms with Gasteiger partial charge in [0.1, 0.15) is 25.4 Å². The molecule has 0 aliphatic carbocycles. The molecule has 0 aromatic carbocycles. The molecule has 0 saturated heterocycles. The Balaban J connectivity index is 0. The van der Waals surface area contributed by atoms with Crippen LogP contribution in [0.3, 0.4) is 0 Å². The van der Waals surface area contributed by atoms with E-state index in [9.17, 15) is 0 Å². The molecule has 0 rings (SSSR count). The number of rotatable bonds is 0. The monoisotopic (exact) mass is 144 g/mol. The molecule has 0 radical (unpaired) electrons. The van der Waals surface area contributed by atoms with Crippen molar-refractivity contribution in [3.8, 4) is 24.1 Å². The van der Waals surface area contributed by atoms with Gasteiger partial charge in [0.2, 0.25) is 0 Å². The molecular weight excluding hydrogens is 136 g/mol. The Kier molecular flexibility index (Phi) is 17.9. The third-order valence-corrected chi connectivity index (χ3v) is 0.316. The molecule has 4 N–H and O–H groups in total. The predicted octanol–water partition coefficient (Wildman–Crippen LogP) is -1.38. The lowest BCUT2D eigenvalue weighted by molar-refractivity contribution is 0.348. The van der Waals surface area contributed by atoms with Crippen LogP contribution in [0.4, 0.5) is 0 Å². The van der Waals surface area contributed by atoms with Gasteiger partial charge in [0.25, 0.3) is 0 Å². The van der Waals surface area contributed by atoms with E-state index in [1.165, 1.54) is 12.2 Å². The zero-order chi connectivity index (χ0) is 8.24. The first kappa shape index (κ1) is 11.4. The summed E-state index contributed by atoms with van der Waals surface area (Å²) in [5, 5.41) is 30.6. The molecule has 0 aromatic heterocycles. The first-order valence-corrected chi connectivity index (χ1v) is 2.29. The van der Waals surface area contributed by atoms with Crippen LogP contribution in [0, 0.1) is 24.1 Å². The highest BCUT2D eigenvalue weighted by atomic mass is 16.3. The molecule has 10 heavy (non-hydrogen) atoms. The van der Waals surface area contributed by atoms with E-state index < -0.39 is 0 Å². The van der Waals surface area contributed by atoms with Gasteiger partial charge in [-0.3, -0.25) is 0 Å². The van der Waals surface area contributed by atoms with Gasteiger partial charge in [-0.2, -0.15) is 0 Å². The van der Waals surface area contributed by atoms with E-state index in [1.807, 2.05) is 11.8 Å². The lowest BCUT2D eigenvalue weighted by Gasteiger charge is -1.59. The van der Waals surface area contributed by atoms with Gasteiger partial charge in [-0.25, -0.2) is 0 Å². The maximum atomic E-state index is 7.73. The summed E-state index contributed by atoms with van der Waals surface area (Å²) in [7, 11) is 0. The van der Waals surface area contributed by atoms with Crippen LogP contribution >= 0.6 is 0 Å². The molecule has 0 aliphatic heterocycles. The summed E-state index contributed by atoms with van der Waals surface area (Å²) in [6, 6.07) is 0. The summed E-state index contributed by atoms with van der Waals surface area (Å²) in [5.41, 5.74) is 0. The largest absolute Gasteiger partial charge is 0.462 e. The molecule has 0 atom stereocenters. The smallest absolute Gasteiger partial charge is 0.109 e. The van der Waals surface area contributed by atoms with Crippen molar-refractivity contribution in [2.24, 2.45) is 0 Å². The fourth-order valence-electron chi connectivity index (χ4n) is 0.0707. The molecule has 56 valence electrons. The quantitative estimate of drug-likeness (QED) is 0.316. The van der Waals surface area contributed by atoms with E-state index in [2.05, 4.69) is 0 Å². The molecule has 0 spiro atoms. The number of hydrogen-bond donors (Lipinski definition) is 4. The van der Waals surface area contributed by atoms with Crippen LogP contribution in [0.1, 0.15) is 0 Å². The molecule has 0 heterocycles.